The molecule has 0 atom stereocenters. The lowest BCUT2D eigenvalue weighted by Crippen LogP contribution is -2.30. The van der Waals surface area contributed by atoms with E-state index in [1.54, 1.807) is 0 Å². The minimum Gasteiger partial charge on any atom is -0.200 e. The second-order valence-electron chi connectivity index (χ2n) is 8.14. The van der Waals surface area contributed by atoms with Crippen LogP contribution in [0.2, 0.25) is 0 Å². The van der Waals surface area contributed by atoms with Gasteiger partial charge in [0.2, 0.25) is 5.69 Å². The van der Waals surface area contributed by atoms with Crippen LogP contribution in [0.25, 0.3) is 22.4 Å². The maximum atomic E-state index is 2.40. The molecule has 0 spiro atoms. The van der Waals surface area contributed by atoms with Crippen LogP contribution in [0.3, 0.4) is 0 Å². The van der Waals surface area contributed by atoms with Gasteiger partial charge >= 0.3 is 0 Å². The Morgan fingerprint density at radius 1 is 0.852 bits per heavy atom. The maximum Gasteiger partial charge on any atom is 0.212 e. The van der Waals surface area contributed by atoms with Crippen LogP contribution in [0.5, 0.6) is 0 Å². The van der Waals surface area contributed by atoms with E-state index in [4.69, 9.17) is 0 Å². The van der Waals surface area contributed by atoms with Gasteiger partial charge in [-0.2, -0.15) is 0 Å². The highest BCUT2D eigenvalue weighted by Gasteiger charge is 2.16. The van der Waals surface area contributed by atoms with Gasteiger partial charge in [-0.3, -0.25) is 0 Å². The largest absolute Gasteiger partial charge is 0.212 e. The Labute approximate surface area is 163 Å². The van der Waals surface area contributed by atoms with E-state index in [1.165, 1.54) is 72.0 Å². The van der Waals surface area contributed by atoms with Gasteiger partial charge in [-0.25, -0.2) is 4.57 Å². The van der Waals surface area contributed by atoms with Crippen molar-refractivity contribution in [2.24, 2.45) is 13.0 Å². The Bertz CT molecular complexity index is 919. The summed E-state index contributed by atoms with van der Waals surface area (Å²) in [7, 11) is 2.15. The summed E-state index contributed by atoms with van der Waals surface area (Å²) in [5.41, 5.74) is 7.99. The van der Waals surface area contributed by atoms with Gasteiger partial charge in [0.1, 0.15) is 7.05 Å². The molecule has 0 N–H and O–H groups in total. The summed E-state index contributed by atoms with van der Waals surface area (Å²) in [6.45, 7) is 2.18. The second kappa shape index (κ2) is 8.08. The Kier molecular flexibility index (Phi) is 5.38. The van der Waals surface area contributed by atoms with Crippen LogP contribution < -0.4 is 4.57 Å². The average molecular weight is 357 g/mol. The van der Waals surface area contributed by atoms with Crippen LogP contribution >= 0.6 is 0 Å². The molecule has 1 fully saturated rings. The van der Waals surface area contributed by atoms with Crippen molar-refractivity contribution in [3.05, 3.63) is 78.0 Å². The predicted molar refractivity (Wildman–Crippen MR) is 114 cm³/mol. The number of hydrogen-bond donors (Lipinski definition) is 0. The molecule has 4 rings (SSSR count). The number of rotatable bonds is 4. The SMILES string of the molecule is Cc1ccccc1-c1ccc(-c2cccc(CC3CCCCC3)c2)c[n+]1C. The van der Waals surface area contributed by atoms with Crippen molar-refractivity contribution in [2.75, 3.05) is 0 Å². The first-order chi connectivity index (χ1) is 13.2. The van der Waals surface area contributed by atoms with E-state index in [2.05, 4.69) is 85.4 Å². The summed E-state index contributed by atoms with van der Waals surface area (Å²) in [4.78, 5) is 0. The molecule has 1 heterocycles. The Morgan fingerprint density at radius 2 is 1.67 bits per heavy atom. The smallest absolute Gasteiger partial charge is 0.200 e. The molecular formula is C26H30N+. The van der Waals surface area contributed by atoms with E-state index in [0.29, 0.717) is 0 Å². The molecule has 1 aliphatic rings. The molecule has 0 aliphatic heterocycles. The minimum atomic E-state index is 0.883. The van der Waals surface area contributed by atoms with E-state index >= 15 is 0 Å². The molecule has 1 nitrogen and oxygen atoms in total. The molecule has 1 heteroatoms. The zero-order chi connectivity index (χ0) is 18.6. The fourth-order valence-electron chi connectivity index (χ4n) is 4.52. The van der Waals surface area contributed by atoms with E-state index in [1.807, 2.05) is 0 Å². The molecule has 3 aromatic rings. The van der Waals surface area contributed by atoms with Gasteiger partial charge in [-0.05, 0) is 48.1 Å². The first-order valence-corrected chi connectivity index (χ1v) is 10.4. The highest BCUT2D eigenvalue weighted by Crippen LogP contribution is 2.29. The lowest BCUT2D eigenvalue weighted by atomic mass is 9.84. The van der Waals surface area contributed by atoms with Crippen LogP contribution in [0.1, 0.15) is 43.2 Å². The average Bonchev–Trinajstić information content (AvgIpc) is 2.70. The summed E-state index contributed by atoms with van der Waals surface area (Å²) < 4.78 is 2.26. The number of nitrogens with zero attached hydrogens (tertiary/aromatic N) is 1. The highest BCUT2D eigenvalue weighted by molar-refractivity contribution is 5.66. The molecule has 0 amide bonds. The van der Waals surface area contributed by atoms with Crippen LogP contribution in [0, 0.1) is 12.8 Å². The van der Waals surface area contributed by atoms with Gasteiger partial charge in [0, 0.05) is 17.2 Å². The van der Waals surface area contributed by atoms with Crippen molar-refractivity contribution in [2.45, 2.75) is 45.4 Å². The van der Waals surface area contributed by atoms with Gasteiger partial charge in [-0.1, -0.05) is 74.6 Å². The van der Waals surface area contributed by atoms with Gasteiger partial charge < -0.3 is 0 Å². The normalized spacial score (nSPS) is 15.0. The molecule has 1 aromatic heterocycles. The molecule has 138 valence electrons. The van der Waals surface area contributed by atoms with Crippen molar-refractivity contribution in [3.63, 3.8) is 0 Å². The van der Waals surface area contributed by atoms with Crippen LogP contribution in [0.4, 0.5) is 0 Å². The molecule has 27 heavy (non-hydrogen) atoms. The first kappa shape index (κ1) is 18.0. The minimum absolute atomic E-state index is 0.883. The monoisotopic (exact) mass is 356 g/mol. The summed E-state index contributed by atoms with van der Waals surface area (Å²) >= 11 is 0. The third-order valence-corrected chi connectivity index (χ3v) is 6.06. The molecular weight excluding hydrogens is 326 g/mol. The predicted octanol–water partition coefficient (Wildman–Crippen LogP) is 6.28. The first-order valence-electron chi connectivity index (χ1n) is 10.4. The summed E-state index contributed by atoms with van der Waals surface area (Å²) in [6, 6.07) is 22.3. The number of hydrogen-bond acceptors (Lipinski definition) is 0. The summed E-state index contributed by atoms with van der Waals surface area (Å²) in [6.07, 6.45) is 10.6. The number of benzene rings is 2. The van der Waals surface area contributed by atoms with Crippen LogP contribution in [-0.4, -0.2) is 0 Å². The van der Waals surface area contributed by atoms with Crippen LogP contribution in [-0.2, 0) is 13.5 Å². The van der Waals surface area contributed by atoms with Gasteiger partial charge in [0.05, 0.1) is 0 Å². The topological polar surface area (TPSA) is 3.88 Å². The summed E-state index contributed by atoms with van der Waals surface area (Å²) in [5.74, 6) is 0.883. The van der Waals surface area contributed by atoms with E-state index in [-0.39, 0.29) is 0 Å². The molecule has 1 saturated carbocycles. The van der Waals surface area contributed by atoms with Gasteiger partial charge in [0.15, 0.2) is 6.20 Å². The van der Waals surface area contributed by atoms with Gasteiger partial charge in [0.25, 0.3) is 0 Å². The molecule has 1 aliphatic carbocycles. The maximum absolute atomic E-state index is 2.40. The quantitative estimate of drug-likeness (QED) is 0.485. The molecule has 0 radical (unpaired) electrons. The number of aryl methyl sites for hydroxylation is 2. The number of aromatic nitrogens is 1. The van der Waals surface area contributed by atoms with Gasteiger partial charge in [-0.15, -0.1) is 0 Å². The number of pyridine rings is 1. The standard InChI is InChI=1S/C26H30N/c1-20-9-6-7-14-25(20)26-16-15-24(19-27(26)2)23-13-8-12-22(18-23)17-21-10-4-3-5-11-21/h6-9,12-16,18-19,21H,3-5,10-11,17H2,1-2H3/q+1. The molecule has 0 bridgehead atoms. The van der Waals surface area contributed by atoms with Crippen molar-refractivity contribution in [1.29, 1.82) is 0 Å². The van der Waals surface area contributed by atoms with E-state index < -0.39 is 0 Å². The Morgan fingerprint density at radius 3 is 2.44 bits per heavy atom. The fraction of sp³-hybridized carbons (Fsp3) is 0.346. The zero-order valence-electron chi connectivity index (χ0n) is 16.6. The van der Waals surface area contributed by atoms with E-state index in [9.17, 15) is 0 Å². The van der Waals surface area contributed by atoms with Crippen molar-refractivity contribution >= 4 is 0 Å². The van der Waals surface area contributed by atoms with Crippen molar-refractivity contribution in [1.82, 2.24) is 0 Å². The van der Waals surface area contributed by atoms with Crippen molar-refractivity contribution in [3.8, 4) is 22.4 Å². The third-order valence-electron chi connectivity index (χ3n) is 6.06. The van der Waals surface area contributed by atoms with Crippen molar-refractivity contribution < 1.29 is 4.57 Å². The lowest BCUT2D eigenvalue weighted by Gasteiger charge is -2.21. The second-order valence-corrected chi connectivity index (χ2v) is 8.14. The third kappa shape index (κ3) is 4.13. The highest BCUT2D eigenvalue weighted by atomic mass is 14.9. The Hall–Kier alpha value is -2.41. The van der Waals surface area contributed by atoms with Crippen LogP contribution in [0.15, 0.2) is 66.9 Å². The molecule has 0 saturated heterocycles. The fourth-order valence-corrected chi connectivity index (χ4v) is 4.52. The lowest BCUT2D eigenvalue weighted by molar-refractivity contribution is -0.659. The summed E-state index contributed by atoms with van der Waals surface area (Å²) in [5, 5.41) is 0. The molecule has 0 unspecified atom stereocenters. The zero-order valence-corrected chi connectivity index (χ0v) is 16.6. The van der Waals surface area contributed by atoms with E-state index in [0.717, 1.165) is 5.92 Å². The molecule has 2 aromatic carbocycles. The Balaban J connectivity index is 1.59.